The molecule has 7 heteroatoms. The summed E-state index contributed by atoms with van der Waals surface area (Å²) in [5.41, 5.74) is -0.572. The second-order valence-corrected chi connectivity index (χ2v) is 11.0. The van der Waals surface area contributed by atoms with Crippen LogP contribution in [0.1, 0.15) is 67.7 Å². The first-order chi connectivity index (χ1) is 11.3. The topological polar surface area (TPSA) is 87.7 Å². The molecule has 1 fully saturated rings. The highest BCUT2D eigenvalue weighted by molar-refractivity contribution is 7.84. The molecule has 0 aromatic carbocycles. The molecule has 0 heterocycles. The summed E-state index contributed by atoms with van der Waals surface area (Å²) >= 11 is 0. The van der Waals surface area contributed by atoms with Crippen LogP contribution < -0.4 is 10.0 Å². The molecule has 6 nitrogen and oxygen atoms in total. The number of alkyl carbamates (subject to hydrolysis) is 1. The molecule has 0 aliphatic heterocycles. The molecule has 0 spiro atoms. The number of hydrogen-bond donors (Lipinski definition) is 3. The molecule has 148 valence electrons. The smallest absolute Gasteiger partial charge is 0.407 e. The van der Waals surface area contributed by atoms with Crippen molar-refractivity contribution >= 4 is 17.1 Å². The highest BCUT2D eigenvalue weighted by atomic mass is 32.2. The van der Waals surface area contributed by atoms with Crippen LogP contribution in [0.3, 0.4) is 0 Å². The van der Waals surface area contributed by atoms with Gasteiger partial charge in [0.25, 0.3) is 0 Å². The van der Waals surface area contributed by atoms with Crippen molar-refractivity contribution in [2.24, 2.45) is 11.8 Å². The molecule has 1 saturated carbocycles. The Balaban J connectivity index is 2.82. The summed E-state index contributed by atoms with van der Waals surface area (Å²) in [5.74, 6) is 0.135. The first-order valence-electron chi connectivity index (χ1n) is 9.13. The van der Waals surface area contributed by atoms with Gasteiger partial charge in [0.1, 0.15) is 5.60 Å². The van der Waals surface area contributed by atoms with Crippen LogP contribution in [-0.2, 0) is 15.7 Å². The largest absolute Gasteiger partial charge is 0.444 e. The molecular weight excluding hydrogens is 340 g/mol. The number of carbonyl (C=O) groups excluding carboxylic acids is 1. The molecule has 1 aliphatic rings. The normalized spacial score (nSPS) is 21.0. The first-order valence-corrected chi connectivity index (χ1v) is 10.3. The van der Waals surface area contributed by atoms with Crippen LogP contribution in [0.4, 0.5) is 4.79 Å². The quantitative estimate of drug-likeness (QED) is 0.637. The number of hydrogen-bond acceptors (Lipinski definition) is 4. The number of nitrogens with one attached hydrogen (secondary N) is 2. The monoisotopic (exact) mass is 376 g/mol. The van der Waals surface area contributed by atoms with Gasteiger partial charge in [0.05, 0.1) is 15.7 Å². The van der Waals surface area contributed by atoms with E-state index >= 15 is 0 Å². The van der Waals surface area contributed by atoms with Crippen LogP contribution >= 0.6 is 0 Å². The van der Waals surface area contributed by atoms with Crippen LogP contribution in [0, 0.1) is 11.8 Å². The summed E-state index contributed by atoms with van der Waals surface area (Å²) in [6.45, 7) is 13.0. The lowest BCUT2D eigenvalue weighted by Crippen LogP contribution is -2.56. The van der Waals surface area contributed by atoms with Gasteiger partial charge in [-0.2, -0.15) is 0 Å². The Labute approximate surface area is 155 Å². The minimum atomic E-state index is -1.23. The summed E-state index contributed by atoms with van der Waals surface area (Å²) in [4.78, 5) is 12.1. The van der Waals surface area contributed by atoms with E-state index in [0.717, 1.165) is 19.3 Å². The molecule has 4 atom stereocenters. The number of aliphatic hydroxyl groups is 1. The molecule has 3 unspecified atom stereocenters. The van der Waals surface area contributed by atoms with Gasteiger partial charge >= 0.3 is 6.09 Å². The van der Waals surface area contributed by atoms with Crippen molar-refractivity contribution in [3.63, 3.8) is 0 Å². The Hall–Kier alpha value is -0.660. The van der Waals surface area contributed by atoms with Crippen LogP contribution in [-0.4, -0.2) is 44.4 Å². The minimum Gasteiger partial charge on any atom is -0.444 e. The van der Waals surface area contributed by atoms with Gasteiger partial charge in [-0.1, -0.05) is 6.42 Å². The Morgan fingerprint density at radius 3 is 2.16 bits per heavy atom. The molecule has 1 amide bonds. The zero-order chi connectivity index (χ0) is 19.4. The highest BCUT2D eigenvalue weighted by Gasteiger charge is 2.38. The van der Waals surface area contributed by atoms with Crippen LogP contribution in [0.2, 0.25) is 0 Å². The predicted octanol–water partition coefficient (Wildman–Crippen LogP) is 2.73. The molecule has 1 rings (SSSR count). The lowest BCUT2D eigenvalue weighted by atomic mass is 9.74. The molecule has 25 heavy (non-hydrogen) atoms. The zero-order valence-electron chi connectivity index (χ0n) is 16.7. The Morgan fingerprint density at radius 1 is 1.24 bits per heavy atom. The van der Waals surface area contributed by atoms with Crippen molar-refractivity contribution in [1.29, 1.82) is 0 Å². The van der Waals surface area contributed by atoms with Crippen molar-refractivity contribution < 1.29 is 18.8 Å². The minimum absolute atomic E-state index is 0.0908. The number of rotatable bonds is 7. The molecule has 0 aromatic rings. The van der Waals surface area contributed by atoms with Crippen LogP contribution in [0.5, 0.6) is 0 Å². The van der Waals surface area contributed by atoms with E-state index in [1.54, 1.807) is 0 Å². The van der Waals surface area contributed by atoms with Crippen LogP contribution in [0.25, 0.3) is 0 Å². The summed E-state index contributed by atoms with van der Waals surface area (Å²) < 4.78 is 20.7. The fourth-order valence-electron chi connectivity index (χ4n) is 2.82. The van der Waals surface area contributed by atoms with Crippen LogP contribution in [0.15, 0.2) is 0 Å². The molecule has 3 N–H and O–H groups in total. The fourth-order valence-corrected chi connectivity index (χ4v) is 3.78. The Morgan fingerprint density at radius 2 is 1.80 bits per heavy atom. The average Bonchev–Trinajstić information content (AvgIpc) is 2.33. The lowest BCUT2D eigenvalue weighted by molar-refractivity contribution is 0.0442. The van der Waals surface area contributed by atoms with E-state index in [9.17, 15) is 14.1 Å². The Bertz CT molecular complexity index is 467. The van der Waals surface area contributed by atoms with Crippen molar-refractivity contribution in [2.45, 2.75) is 90.2 Å². The van der Waals surface area contributed by atoms with Gasteiger partial charge in [-0.25, -0.2) is 13.7 Å². The zero-order valence-corrected chi connectivity index (χ0v) is 17.5. The summed E-state index contributed by atoms with van der Waals surface area (Å²) in [5, 5.41) is 12.8. The highest BCUT2D eigenvalue weighted by Crippen LogP contribution is 2.34. The third-order valence-electron chi connectivity index (χ3n) is 4.52. The first kappa shape index (κ1) is 22.4. The van der Waals surface area contributed by atoms with Crippen molar-refractivity contribution in [3.8, 4) is 0 Å². The third kappa shape index (κ3) is 7.23. The van der Waals surface area contributed by atoms with E-state index in [1.807, 2.05) is 48.5 Å². The lowest BCUT2D eigenvalue weighted by Gasteiger charge is -2.41. The van der Waals surface area contributed by atoms with Gasteiger partial charge in [-0.3, -0.25) is 0 Å². The second-order valence-electron chi connectivity index (χ2n) is 9.00. The summed E-state index contributed by atoms with van der Waals surface area (Å²) in [6, 6.07) is -0.404. The summed E-state index contributed by atoms with van der Waals surface area (Å²) in [7, 11) is -1.23. The number of amides is 1. The maximum atomic E-state index is 12.6. The van der Waals surface area contributed by atoms with Gasteiger partial charge in [0.2, 0.25) is 0 Å². The maximum absolute atomic E-state index is 12.6. The van der Waals surface area contributed by atoms with E-state index in [4.69, 9.17) is 4.74 Å². The molecule has 0 bridgehead atoms. The van der Waals surface area contributed by atoms with Gasteiger partial charge in [-0.05, 0) is 67.2 Å². The third-order valence-corrected chi connectivity index (χ3v) is 6.11. The van der Waals surface area contributed by atoms with E-state index in [1.165, 1.54) is 0 Å². The van der Waals surface area contributed by atoms with E-state index in [0.29, 0.717) is 5.92 Å². The number of ether oxygens (including phenoxy) is 1. The van der Waals surface area contributed by atoms with Gasteiger partial charge < -0.3 is 15.2 Å². The molecule has 0 radical (unpaired) electrons. The number of carbonyl (C=O) groups is 1. The fraction of sp³-hybridized carbons (Fsp3) is 0.944. The SMILES string of the molecule is C[C@@H](NC(=O)OC(C)(C)C)C(CO)C(NS(=O)C(C)(C)C)C1CCC1. The van der Waals surface area contributed by atoms with Gasteiger partial charge in [0, 0.05) is 24.6 Å². The van der Waals surface area contributed by atoms with E-state index < -0.39 is 22.7 Å². The maximum Gasteiger partial charge on any atom is 0.407 e. The van der Waals surface area contributed by atoms with E-state index in [-0.39, 0.29) is 29.4 Å². The standard InChI is InChI=1S/C18H36N2O4S/c1-12(19-16(22)24-17(2,3)4)14(11-21)15(13-9-8-10-13)20-25(23)18(5,6)7/h12-15,20-21H,8-11H2,1-7H3,(H,19,22)/t12-,14?,15?,25?/m1/s1. The number of aliphatic hydroxyl groups excluding tert-OH is 1. The summed E-state index contributed by atoms with van der Waals surface area (Å²) in [6.07, 6.45) is 2.75. The van der Waals surface area contributed by atoms with Crippen molar-refractivity contribution in [1.82, 2.24) is 10.0 Å². The predicted molar refractivity (Wildman–Crippen MR) is 102 cm³/mol. The van der Waals surface area contributed by atoms with Gasteiger partial charge in [0.15, 0.2) is 0 Å². The van der Waals surface area contributed by atoms with Crippen molar-refractivity contribution in [2.75, 3.05) is 6.61 Å². The van der Waals surface area contributed by atoms with Crippen molar-refractivity contribution in [3.05, 3.63) is 0 Å². The average molecular weight is 377 g/mol. The van der Waals surface area contributed by atoms with Gasteiger partial charge in [-0.15, -0.1) is 0 Å². The Kier molecular flexibility index (Phi) is 7.90. The molecule has 0 aromatic heterocycles. The second kappa shape index (κ2) is 8.82. The van der Waals surface area contributed by atoms with E-state index in [2.05, 4.69) is 10.0 Å². The molecule has 1 aliphatic carbocycles. The molecule has 0 saturated heterocycles. The molecular formula is C18H36N2O4S.